The molecule has 0 unspecified atom stereocenters. The van der Waals surface area contributed by atoms with Crippen molar-refractivity contribution in [2.75, 3.05) is 0 Å². The van der Waals surface area contributed by atoms with Gasteiger partial charge in [-0.3, -0.25) is 9.59 Å². The van der Waals surface area contributed by atoms with Gasteiger partial charge in [0, 0.05) is 24.3 Å². The summed E-state index contributed by atoms with van der Waals surface area (Å²) in [5, 5.41) is 0. The maximum atomic E-state index is 11.1. The van der Waals surface area contributed by atoms with Crippen molar-refractivity contribution in [3.63, 3.8) is 0 Å². The van der Waals surface area contributed by atoms with Crippen LogP contribution in [-0.4, -0.2) is 11.9 Å². The van der Waals surface area contributed by atoms with Crippen molar-refractivity contribution in [2.45, 2.75) is 18.7 Å². The fourth-order valence-corrected chi connectivity index (χ4v) is 3.14. The van der Waals surface area contributed by atoms with Gasteiger partial charge in [0.05, 0.1) is 0 Å². The molecule has 0 radical (unpaired) electrons. The van der Waals surface area contributed by atoms with Gasteiger partial charge in [-0.05, 0) is 47.0 Å². The van der Waals surface area contributed by atoms with Crippen LogP contribution in [0.25, 0.3) is 22.3 Å². The summed E-state index contributed by atoms with van der Waals surface area (Å²) in [4.78, 5) is 23.0. The highest BCUT2D eigenvalue weighted by atomic mass is 32.1. The number of carbonyl (C=O) groups excluding carboxylic acids is 2. The van der Waals surface area contributed by atoms with Crippen LogP contribution in [0.1, 0.15) is 13.8 Å². The van der Waals surface area contributed by atoms with Gasteiger partial charge in [0.15, 0.2) is 0 Å². The van der Waals surface area contributed by atoms with E-state index in [0.717, 1.165) is 27.1 Å². The Bertz CT molecular complexity index is 976. The van der Waals surface area contributed by atoms with Gasteiger partial charge in [0.2, 0.25) is 0 Å². The Kier molecular flexibility index (Phi) is 5.62. The molecule has 0 atom stereocenters. The van der Waals surface area contributed by atoms with Crippen LogP contribution < -0.4 is 9.47 Å². The van der Waals surface area contributed by atoms with Crippen molar-refractivity contribution < 1.29 is 19.1 Å². The second-order valence-corrected chi connectivity index (χ2v) is 6.42. The Morgan fingerprint density at radius 1 is 0.704 bits per heavy atom. The second kappa shape index (κ2) is 8.10. The van der Waals surface area contributed by atoms with E-state index in [9.17, 15) is 9.59 Å². The van der Waals surface area contributed by atoms with E-state index in [2.05, 4.69) is 12.6 Å². The summed E-state index contributed by atoms with van der Waals surface area (Å²) in [6.45, 7) is 2.74. The summed E-state index contributed by atoms with van der Waals surface area (Å²) in [6, 6.07) is 20.5. The maximum absolute atomic E-state index is 11.1. The molecule has 3 aromatic carbocycles. The highest BCUT2D eigenvalue weighted by Gasteiger charge is 2.12. The van der Waals surface area contributed by atoms with Crippen LogP contribution in [-0.2, 0) is 9.59 Å². The van der Waals surface area contributed by atoms with Gasteiger partial charge in [0.1, 0.15) is 11.5 Å². The van der Waals surface area contributed by atoms with Crippen LogP contribution in [0.15, 0.2) is 71.6 Å². The monoisotopic (exact) mass is 378 g/mol. The predicted octanol–water partition coefficient (Wildman–Crippen LogP) is 5.16. The van der Waals surface area contributed by atoms with Crippen LogP contribution >= 0.6 is 12.6 Å². The lowest BCUT2D eigenvalue weighted by atomic mass is 9.94. The van der Waals surface area contributed by atoms with E-state index in [1.54, 1.807) is 24.3 Å². The molecule has 0 aliphatic heterocycles. The molecule has 0 saturated carbocycles. The van der Waals surface area contributed by atoms with E-state index < -0.39 is 0 Å². The summed E-state index contributed by atoms with van der Waals surface area (Å²) in [7, 11) is 0. The van der Waals surface area contributed by atoms with Crippen LogP contribution in [0.3, 0.4) is 0 Å². The molecule has 136 valence electrons. The molecule has 0 N–H and O–H groups in total. The van der Waals surface area contributed by atoms with E-state index in [0.29, 0.717) is 11.5 Å². The highest BCUT2D eigenvalue weighted by Crippen LogP contribution is 2.37. The highest BCUT2D eigenvalue weighted by molar-refractivity contribution is 7.80. The molecule has 0 aromatic heterocycles. The Morgan fingerprint density at radius 2 is 1.19 bits per heavy atom. The molecule has 27 heavy (non-hydrogen) atoms. The summed E-state index contributed by atoms with van der Waals surface area (Å²) in [5.41, 5.74) is 3.89. The molecule has 0 heterocycles. The van der Waals surface area contributed by atoms with Crippen molar-refractivity contribution >= 4 is 24.6 Å². The SMILES string of the molecule is CC(=O)Oc1ccc(-c2cccc(S)c2-c2ccc(OC(C)=O)cc2)cc1. The van der Waals surface area contributed by atoms with E-state index in [1.165, 1.54) is 13.8 Å². The number of hydrogen-bond acceptors (Lipinski definition) is 5. The van der Waals surface area contributed by atoms with Crippen molar-refractivity contribution in [2.24, 2.45) is 0 Å². The molecular weight excluding hydrogens is 360 g/mol. The first-order chi connectivity index (χ1) is 12.9. The summed E-state index contributed by atoms with van der Waals surface area (Å²) in [5.74, 6) is 0.287. The van der Waals surface area contributed by atoms with Crippen molar-refractivity contribution in [3.05, 3.63) is 66.7 Å². The van der Waals surface area contributed by atoms with Gasteiger partial charge in [0.25, 0.3) is 0 Å². The molecule has 4 nitrogen and oxygen atoms in total. The normalized spacial score (nSPS) is 10.3. The van der Waals surface area contributed by atoms with Crippen molar-refractivity contribution in [1.82, 2.24) is 0 Å². The molecule has 0 saturated heterocycles. The Hall–Kier alpha value is -3.05. The molecule has 3 aromatic rings. The number of benzene rings is 3. The van der Waals surface area contributed by atoms with Gasteiger partial charge in [-0.25, -0.2) is 0 Å². The fraction of sp³-hybridized carbons (Fsp3) is 0.0909. The predicted molar refractivity (Wildman–Crippen MR) is 107 cm³/mol. The second-order valence-electron chi connectivity index (χ2n) is 5.94. The quantitative estimate of drug-likeness (QED) is 0.387. The van der Waals surface area contributed by atoms with E-state index in [4.69, 9.17) is 9.47 Å². The lowest BCUT2D eigenvalue weighted by molar-refractivity contribution is -0.132. The minimum Gasteiger partial charge on any atom is -0.427 e. The van der Waals surface area contributed by atoms with E-state index in [-0.39, 0.29) is 11.9 Å². The standard InChI is InChI=1S/C22H18O4S/c1-14(23)25-18-10-6-16(7-11-18)20-4-3-5-21(27)22(20)17-8-12-19(13-9-17)26-15(2)24/h3-13,27H,1-2H3. The number of rotatable bonds is 4. The van der Waals surface area contributed by atoms with Gasteiger partial charge in [-0.15, -0.1) is 12.6 Å². The minimum atomic E-state index is -0.356. The van der Waals surface area contributed by atoms with Crippen molar-refractivity contribution in [3.8, 4) is 33.8 Å². The zero-order valence-corrected chi connectivity index (χ0v) is 15.8. The van der Waals surface area contributed by atoms with Gasteiger partial charge in [-0.2, -0.15) is 0 Å². The lowest BCUT2D eigenvalue weighted by Gasteiger charge is -2.14. The molecular formula is C22H18O4S. The number of carbonyl (C=O) groups is 2. The van der Waals surface area contributed by atoms with Crippen LogP contribution in [0.5, 0.6) is 11.5 Å². The number of esters is 2. The van der Waals surface area contributed by atoms with Gasteiger partial charge >= 0.3 is 11.9 Å². The summed E-state index contributed by atoms with van der Waals surface area (Å²) >= 11 is 4.62. The number of hydrogen-bond donors (Lipinski definition) is 1. The zero-order valence-electron chi connectivity index (χ0n) is 14.9. The van der Waals surface area contributed by atoms with Gasteiger partial charge < -0.3 is 9.47 Å². The topological polar surface area (TPSA) is 52.6 Å². The molecule has 0 aliphatic rings. The molecule has 0 aliphatic carbocycles. The third kappa shape index (κ3) is 4.57. The van der Waals surface area contributed by atoms with Gasteiger partial charge in [-0.1, -0.05) is 36.4 Å². The third-order valence-electron chi connectivity index (χ3n) is 3.87. The van der Waals surface area contributed by atoms with Crippen LogP contribution in [0.4, 0.5) is 0 Å². The van der Waals surface area contributed by atoms with Crippen molar-refractivity contribution in [1.29, 1.82) is 0 Å². The molecule has 0 spiro atoms. The average molecular weight is 378 g/mol. The first kappa shape index (κ1) is 18.7. The Morgan fingerprint density at radius 3 is 1.67 bits per heavy atom. The molecule has 3 rings (SSSR count). The summed E-state index contributed by atoms with van der Waals surface area (Å²) < 4.78 is 10.2. The summed E-state index contributed by atoms with van der Waals surface area (Å²) in [6.07, 6.45) is 0. The van der Waals surface area contributed by atoms with Crippen LogP contribution in [0, 0.1) is 0 Å². The fourth-order valence-electron chi connectivity index (χ4n) is 2.81. The Labute approximate surface area is 163 Å². The zero-order chi connectivity index (χ0) is 19.4. The first-order valence-corrected chi connectivity index (χ1v) is 8.78. The number of ether oxygens (including phenoxy) is 2. The Balaban J connectivity index is 2.00. The van der Waals surface area contributed by atoms with E-state index >= 15 is 0 Å². The molecule has 5 heteroatoms. The average Bonchev–Trinajstić information content (AvgIpc) is 2.62. The lowest BCUT2D eigenvalue weighted by Crippen LogP contribution is -2.01. The third-order valence-corrected chi connectivity index (χ3v) is 4.25. The number of thiol groups is 1. The smallest absolute Gasteiger partial charge is 0.308 e. The molecule has 0 bridgehead atoms. The minimum absolute atomic E-state index is 0.353. The van der Waals surface area contributed by atoms with E-state index in [1.807, 2.05) is 42.5 Å². The molecule has 0 amide bonds. The largest absolute Gasteiger partial charge is 0.427 e. The van der Waals surface area contributed by atoms with Crippen LogP contribution in [0.2, 0.25) is 0 Å². The maximum Gasteiger partial charge on any atom is 0.308 e. The first-order valence-electron chi connectivity index (χ1n) is 8.34. The molecule has 0 fully saturated rings.